The monoisotopic (exact) mass is 273 g/mol. The second kappa shape index (κ2) is 5.36. The van der Waals surface area contributed by atoms with E-state index in [1.807, 2.05) is 26.8 Å². The molecule has 0 spiro atoms. The zero-order chi connectivity index (χ0) is 14.9. The van der Waals surface area contributed by atoms with Crippen molar-refractivity contribution < 1.29 is 9.90 Å². The van der Waals surface area contributed by atoms with Crippen LogP contribution in [0.1, 0.15) is 22.5 Å². The van der Waals surface area contributed by atoms with Gasteiger partial charge in [-0.2, -0.15) is 5.10 Å². The number of carbonyl (C=O) groups is 1. The summed E-state index contributed by atoms with van der Waals surface area (Å²) < 4.78 is 1.67. The average molecular weight is 273 g/mol. The van der Waals surface area contributed by atoms with E-state index >= 15 is 0 Å². The second-order valence-corrected chi connectivity index (χ2v) is 5.09. The number of aromatic nitrogens is 2. The van der Waals surface area contributed by atoms with Crippen LogP contribution in [0.25, 0.3) is 0 Å². The molecule has 1 amide bonds. The van der Waals surface area contributed by atoms with Gasteiger partial charge >= 0.3 is 0 Å². The minimum atomic E-state index is -0.135. The predicted molar refractivity (Wildman–Crippen MR) is 77.9 cm³/mol. The van der Waals surface area contributed by atoms with E-state index in [-0.39, 0.29) is 18.2 Å². The molecule has 0 fully saturated rings. The van der Waals surface area contributed by atoms with Gasteiger partial charge in [0.2, 0.25) is 5.91 Å². The zero-order valence-corrected chi connectivity index (χ0v) is 12.2. The number of aromatic hydroxyl groups is 1. The Balaban J connectivity index is 2.12. The first-order valence-corrected chi connectivity index (χ1v) is 6.48. The van der Waals surface area contributed by atoms with Crippen molar-refractivity contribution in [2.75, 3.05) is 5.32 Å². The number of benzene rings is 1. The molecule has 0 unspecified atom stereocenters. The number of carbonyl (C=O) groups excluding carboxylic acids is 1. The smallest absolute Gasteiger partial charge is 0.246 e. The molecule has 0 radical (unpaired) electrons. The Bertz CT molecular complexity index is 659. The Kier molecular flexibility index (Phi) is 3.79. The Morgan fingerprint density at radius 3 is 2.50 bits per heavy atom. The molecule has 0 saturated heterocycles. The highest BCUT2D eigenvalue weighted by atomic mass is 16.3. The van der Waals surface area contributed by atoms with Crippen molar-refractivity contribution in [2.24, 2.45) is 0 Å². The van der Waals surface area contributed by atoms with E-state index in [0.717, 1.165) is 22.5 Å². The van der Waals surface area contributed by atoms with Crippen LogP contribution < -0.4 is 5.32 Å². The number of phenols is 1. The highest BCUT2D eigenvalue weighted by molar-refractivity contribution is 5.91. The third-order valence-corrected chi connectivity index (χ3v) is 3.21. The largest absolute Gasteiger partial charge is 0.508 e. The number of amides is 1. The summed E-state index contributed by atoms with van der Waals surface area (Å²) in [7, 11) is 0. The summed E-state index contributed by atoms with van der Waals surface area (Å²) in [5.74, 6) is 0.100. The molecule has 1 aromatic heterocycles. The lowest BCUT2D eigenvalue weighted by atomic mass is 10.1. The lowest BCUT2D eigenvalue weighted by Crippen LogP contribution is -2.20. The number of nitrogens with one attached hydrogen (secondary N) is 1. The van der Waals surface area contributed by atoms with E-state index in [4.69, 9.17) is 0 Å². The van der Waals surface area contributed by atoms with Crippen molar-refractivity contribution >= 4 is 11.6 Å². The summed E-state index contributed by atoms with van der Waals surface area (Å²) >= 11 is 0. The number of phenolic OH excluding ortho intramolecular Hbond substituents is 1. The van der Waals surface area contributed by atoms with Gasteiger partial charge in [0.15, 0.2) is 0 Å². The van der Waals surface area contributed by atoms with Gasteiger partial charge in [-0.3, -0.25) is 9.48 Å². The van der Waals surface area contributed by atoms with Gasteiger partial charge in [-0.05, 0) is 57.0 Å². The molecule has 20 heavy (non-hydrogen) atoms. The maximum absolute atomic E-state index is 12.1. The van der Waals surface area contributed by atoms with Crippen LogP contribution in [0, 0.1) is 27.7 Å². The van der Waals surface area contributed by atoms with Crippen molar-refractivity contribution in [3.63, 3.8) is 0 Å². The van der Waals surface area contributed by atoms with Crippen LogP contribution >= 0.6 is 0 Å². The van der Waals surface area contributed by atoms with Crippen molar-refractivity contribution in [2.45, 2.75) is 34.2 Å². The number of hydrogen-bond donors (Lipinski definition) is 2. The fourth-order valence-electron chi connectivity index (χ4n) is 2.10. The summed E-state index contributed by atoms with van der Waals surface area (Å²) in [6, 6.07) is 5.35. The topological polar surface area (TPSA) is 67.2 Å². The van der Waals surface area contributed by atoms with Gasteiger partial charge in [0.25, 0.3) is 0 Å². The molecule has 0 saturated carbocycles. The van der Waals surface area contributed by atoms with E-state index in [2.05, 4.69) is 10.4 Å². The van der Waals surface area contributed by atoms with E-state index in [0.29, 0.717) is 5.69 Å². The van der Waals surface area contributed by atoms with Crippen LogP contribution in [-0.4, -0.2) is 20.8 Å². The molecule has 1 heterocycles. The molecule has 5 heteroatoms. The molecule has 2 aromatic rings. The molecular formula is C15H19N3O2. The van der Waals surface area contributed by atoms with Crippen LogP contribution in [0.3, 0.4) is 0 Å². The number of anilines is 1. The van der Waals surface area contributed by atoms with Gasteiger partial charge in [0.05, 0.1) is 5.69 Å². The van der Waals surface area contributed by atoms with Crippen molar-refractivity contribution in [1.29, 1.82) is 0 Å². The van der Waals surface area contributed by atoms with Gasteiger partial charge in [0.1, 0.15) is 12.3 Å². The zero-order valence-electron chi connectivity index (χ0n) is 12.2. The maximum Gasteiger partial charge on any atom is 0.246 e. The summed E-state index contributed by atoms with van der Waals surface area (Å²) in [4.78, 5) is 12.1. The van der Waals surface area contributed by atoms with Crippen LogP contribution in [0.15, 0.2) is 18.2 Å². The molecule has 106 valence electrons. The number of nitrogens with zero attached hydrogens (tertiary/aromatic N) is 2. The van der Waals surface area contributed by atoms with Crippen LogP contribution in [0.5, 0.6) is 5.75 Å². The summed E-state index contributed by atoms with van der Waals surface area (Å²) in [5.41, 5.74) is 4.13. The highest BCUT2D eigenvalue weighted by Gasteiger charge is 2.10. The molecule has 0 bridgehead atoms. The molecule has 2 N–H and O–H groups in total. The Hall–Kier alpha value is -2.30. The standard InChI is InChI=1S/C15H19N3O2/c1-9-6-14(19)10(2)5-13(9)16-15(20)8-18-12(4)7-11(3)17-18/h5-7,19H,8H2,1-4H3,(H,16,20). The third-order valence-electron chi connectivity index (χ3n) is 3.21. The Morgan fingerprint density at radius 2 is 1.90 bits per heavy atom. The number of hydrogen-bond acceptors (Lipinski definition) is 3. The van der Waals surface area contributed by atoms with Gasteiger partial charge in [-0.25, -0.2) is 0 Å². The molecule has 5 nitrogen and oxygen atoms in total. The fourth-order valence-corrected chi connectivity index (χ4v) is 2.10. The first-order valence-electron chi connectivity index (χ1n) is 6.48. The van der Waals surface area contributed by atoms with Gasteiger partial charge < -0.3 is 10.4 Å². The lowest BCUT2D eigenvalue weighted by Gasteiger charge is -2.11. The Morgan fingerprint density at radius 1 is 1.20 bits per heavy atom. The molecule has 0 aliphatic rings. The summed E-state index contributed by atoms with van der Waals surface area (Å²) in [6.45, 7) is 7.64. The molecule has 0 atom stereocenters. The number of rotatable bonds is 3. The molecule has 1 aromatic carbocycles. The number of aryl methyl sites for hydroxylation is 4. The SMILES string of the molecule is Cc1cc(C)n(CC(=O)Nc2cc(C)c(O)cc2C)n1. The van der Waals surface area contributed by atoms with Crippen molar-refractivity contribution in [1.82, 2.24) is 9.78 Å². The summed E-state index contributed by atoms with van der Waals surface area (Å²) in [6.07, 6.45) is 0. The summed E-state index contributed by atoms with van der Waals surface area (Å²) in [5, 5.41) is 16.7. The molecule has 0 aliphatic heterocycles. The predicted octanol–water partition coefficient (Wildman–Crippen LogP) is 2.46. The van der Waals surface area contributed by atoms with E-state index in [1.54, 1.807) is 23.7 Å². The van der Waals surface area contributed by atoms with Crippen molar-refractivity contribution in [3.8, 4) is 5.75 Å². The first kappa shape index (κ1) is 14.1. The molecule has 0 aliphatic carbocycles. The van der Waals surface area contributed by atoms with Gasteiger partial charge in [0, 0.05) is 11.4 Å². The van der Waals surface area contributed by atoms with E-state index in [1.165, 1.54) is 0 Å². The minimum Gasteiger partial charge on any atom is -0.508 e. The van der Waals surface area contributed by atoms with E-state index in [9.17, 15) is 9.90 Å². The first-order chi connectivity index (χ1) is 9.36. The van der Waals surface area contributed by atoms with Crippen LogP contribution in [0.4, 0.5) is 5.69 Å². The Labute approximate surface area is 118 Å². The fraction of sp³-hybridized carbons (Fsp3) is 0.333. The maximum atomic E-state index is 12.1. The molecular weight excluding hydrogens is 254 g/mol. The normalized spacial score (nSPS) is 10.6. The lowest BCUT2D eigenvalue weighted by molar-refractivity contribution is -0.116. The van der Waals surface area contributed by atoms with Crippen molar-refractivity contribution in [3.05, 3.63) is 40.7 Å². The van der Waals surface area contributed by atoms with Gasteiger partial charge in [-0.15, -0.1) is 0 Å². The van der Waals surface area contributed by atoms with E-state index < -0.39 is 0 Å². The quantitative estimate of drug-likeness (QED) is 0.844. The molecule has 2 rings (SSSR count). The van der Waals surface area contributed by atoms with Crippen LogP contribution in [-0.2, 0) is 11.3 Å². The van der Waals surface area contributed by atoms with Crippen LogP contribution in [0.2, 0.25) is 0 Å². The average Bonchev–Trinajstić information content (AvgIpc) is 2.64. The highest BCUT2D eigenvalue weighted by Crippen LogP contribution is 2.24. The third kappa shape index (κ3) is 2.99. The minimum absolute atomic E-state index is 0.135. The second-order valence-electron chi connectivity index (χ2n) is 5.09. The van der Waals surface area contributed by atoms with Gasteiger partial charge in [-0.1, -0.05) is 0 Å².